The zero-order chi connectivity index (χ0) is 26.7. The first kappa shape index (κ1) is 33.4. The molecule has 0 spiro atoms. The summed E-state index contributed by atoms with van der Waals surface area (Å²) in [4.78, 5) is 23.5. The summed E-state index contributed by atoms with van der Waals surface area (Å²) in [5, 5.41) is 0.0787. The van der Waals surface area contributed by atoms with Gasteiger partial charge in [-0.1, -0.05) is 84.5 Å². The van der Waals surface area contributed by atoms with Crippen LogP contribution in [0.4, 0.5) is 0 Å². The van der Waals surface area contributed by atoms with Crippen LogP contribution in [0.25, 0.3) is 0 Å². The van der Waals surface area contributed by atoms with E-state index in [9.17, 15) is 9.59 Å². The number of rotatable bonds is 17. The van der Waals surface area contributed by atoms with Crippen LogP contribution < -0.4 is 0 Å². The Morgan fingerprint density at radius 3 is 2.14 bits per heavy atom. The smallest absolute Gasteiger partial charge is 0.331 e. The zero-order valence-corrected chi connectivity index (χ0v) is 24.9. The lowest BCUT2D eigenvalue weighted by atomic mass is 10.0. The molecule has 6 heteroatoms. The molecule has 35 heavy (non-hydrogen) atoms. The van der Waals surface area contributed by atoms with Crippen LogP contribution in [0.3, 0.4) is 0 Å². The monoisotopic (exact) mass is 508 g/mol. The molecule has 1 unspecified atom stereocenters. The van der Waals surface area contributed by atoms with Crippen LogP contribution >= 0.6 is 0 Å². The van der Waals surface area contributed by atoms with Crippen LogP contribution in [-0.4, -0.2) is 40.1 Å². The summed E-state index contributed by atoms with van der Waals surface area (Å²) >= 11 is 0. The summed E-state index contributed by atoms with van der Waals surface area (Å²) in [5.41, 5.74) is 0.757. The second-order valence-electron chi connectivity index (χ2n) is 10.7. The second-order valence-corrected chi connectivity index (χ2v) is 15.5. The standard InChI is InChI=1S/C29H52O5Si/c1-9-11-18-22-26(34-35(7,8)29(3,4)5)25(24-28(31)33-10-2)21-19-16-14-12-13-15-17-20-23-27(30)32-6/h24,26H,9-18,20,22-23H2,1-8H3/b25-24-. The highest BCUT2D eigenvalue weighted by atomic mass is 28.4. The molecule has 0 amide bonds. The van der Waals surface area contributed by atoms with Crippen molar-refractivity contribution in [1.82, 2.24) is 0 Å². The molecule has 0 aromatic heterocycles. The molecule has 0 aliphatic rings. The van der Waals surface area contributed by atoms with Gasteiger partial charge in [-0.2, -0.15) is 0 Å². The van der Waals surface area contributed by atoms with Crippen molar-refractivity contribution in [2.75, 3.05) is 13.7 Å². The molecule has 202 valence electrons. The van der Waals surface area contributed by atoms with Gasteiger partial charge in [-0.3, -0.25) is 4.79 Å². The van der Waals surface area contributed by atoms with E-state index in [4.69, 9.17) is 9.16 Å². The average molecular weight is 509 g/mol. The number of hydrogen-bond donors (Lipinski definition) is 0. The third-order valence-electron chi connectivity index (χ3n) is 6.61. The molecule has 0 aliphatic carbocycles. The molecule has 0 rings (SSSR count). The number of carbonyl (C=O) groups excluding carboxylic acids is 2. The molecule has 5 nitrogen and oxygen atoms in total. The molecule has 0 radical (unpaired) electrons. The molecule has 0 aromatic carbocycles. The van der Waals surface area contributed by atoms with Crippen LogP contribution in [-0.2, 0) is 23.5 Å². The molecule has 0 aromatic rings. The Morgan fingerprint density at radius 1 is 0.943 bits per heavy atom. The summed E-state index contributed by atoms with van der Waals surface area (Å²) in [6, 6.07) is 0. The van der Waals surface area contributed by atoms with E-state index >= 15 is 0 Å². The van der Waals surface area contributed by atoms with Gasteiger partial charge >= 0.3 is 11.9 Å². The van der Waals surface area contributed by atoms with Gasteiger partial charge in [-0.05, 0) is 44.3 Å². The number of unbranched alkanes of at least 4 members (excludes halogenated alkanes) is 8. The third kappa shape index (κ3) is 15.9. The Labute approximate surface area is 216 Å². The Bertz CT molecular complexity index is 694. The molecule has 0 heterocycles. The van der Waals surface area contributed by atoms with Crippen molar-refractivity contribution in [1.29, 1.82) is 0 Å². The molecule has 1 atom stereocenters. The lowest BCUT2D eigenvalue weighted by Gasteiger charge is -2.39. The van der Waals surface area contributed by atoms with Crippen molar-refractivity contribution in [3.63, 3.8) is 0 Å². The second kappa shape index (κ2) is 18.7. The van der Waals surface area contributed by atoms with Gasteiger partial charge in [-0.25, -0.2) is 4.79 Å². The van der Waals surface area contributed by atoms with Crippen LogP contribution in [0, 0.1) is 11.8 Å². The molecular weight excluding hydrogens is 456 g/mol. The first-order valence-electron chi connectivity index (χ1n) is 13.6. The molecule has 0 saturated heterocycles. The lowest BCUT2D eigenvalue weighted by molar-refractivity contribution is -0.140. The Balaban J connectivity index is 5.15. The number of ether oxygens (including phenoxy) is 2. The lowest BCUT2D eigenvalue weighted by Crippen LogP contribution is -2.44. The molecule has 0 bridgehead atoms. The quantitative estimate of drug-likeness (QED) is 0.0661. The van der Waals surface area contributed by atoms with E-state index in [1.807, 2.05) is 6.92 Å². The van der Waals surface area contributed by atoms with E-state index in [2.05, 4.69) is 57.4 Å². The highest BCUT2D eigenvalue weighted by Gasteiger charge is 2.39. The minimum absolute atomic E-state index is 0.0787. The SMILES string of the molecule is CCCCCC(O[Si](C)(C)C(C)(C)C)/C(C#CCCCCCCCCC(=O)OC)=C\C(=O)OCC. The fourth-order valence-electron chi connectivity index (χ4n) is 3.37. The average Bonchev–Trinajstić information content (AvgIpc) is 2.78. The highest BCUT2D eigenvalue weighted by Crippen LogP contribution is 2.38. The Kier molecular flexibility index (Phi) is 17.8. The third-order valence-corrected chi connectivity index (χ3v) is 11.1. The topological polar surface area (TPSA) is 61.8 Å². The van der Waals surface area contributed by atoms with Gasteiger partial charge in [0.15, 0.2) is 8.32 Å². The van der Waals surface area contributed by atoms with Gasteiger partial charge < -0.3 is 13.9 Å². The van der Waals surface area contributed by atoms with Crippen molar-refractivity contribution in [2.24, 2.45) is 0 Å². The summed E-state index contributed by atoms with van der Waals surface area (Å²) in [6.07, 6.45) is 13.2. The minimum atomic E-state index is -2.04. The maximum absolute atomic E-state index is 12.3. The van der Waals surface area contributed by atoms with Gasteiger partial charge in [-0.15, -0.1) is 0 Å². The number of hydrogen-bond acceptors (Lipinski definition) is 5. The van der Waals surface area contributed by atoms with Gasteiger partial charge in [0, 0.05) is 24.5 Å². The van der Waals surface area contributed by atoms with Crippen LogP contribution in [0.5, 0.6) is 0 Å². The molecule has 0 saturated carbocycles. The minimum Gasteiger partial charge on any atom is -0.469 e. The highest BCUT2D eigenvalue weighted by molar-refractivity contribution is 6.74. The molecule has 0 N–H and O–H groups in total. The van der Waals surface area contributed by atoms with Crippen molar-refractivity contribution < 1.29 is 23.5 Å². The largest absolute Gasteiger partial charge is 0.469 e. The van der Waals surface area contributed by atoms with E-state index in [1.165, 1.54) is 7.11 Å². The van der Waals surface area contributed by atoms with Gasteiger partial charge in [0.1, 0.15) is 0 Å². The molecular formula is C29H52O5Si. The fourth-order valence-corrected chi connectivity index (χ4v) is 4.68. The normalized spacial score (nSPS) is 13.1. The number of esters is 2. The van der Waals surface area contributed by atoms with Crippen molar-refractivity contribution in [3.8, 4) is 11.8 Å². The van der Waals surface area contributed by atoms with Gasteiger partial charge in [0.25, 0.3) is 0 Å². The van der Waals surface area contributed by atoms with Crippen LogP contribution in [0.2, 0.25) is 18.1 Å². The van der Waals surface area contributed by atoms with E-state index < -0.39 is 8.32 Å². The summed E-state index contributed by atoms with van der Waals surface area (Å²) in [7, 11) is -0.602. The molecule has 0 aliphatic heterocycles. The van der Waals surface area contributed by atoms with E-state index in [-0.39, 0.29) is 23.1 Å². The Morgan fingerprint density at radius 2 is 1.57 bits per heavy atom. The van der Waals surface area contributed by atoms with E-state index in [1.54, 1.807) is 6.08 Å². The predicted octanol–water partition coefficient (Wildman–Crippen LogP) is 7.74. The molecule has 0 fully saturated rings. The van der Waals surface area contributed by atoms with Crippen molar-refractivity contribution in [3.05, 3.63) is 11.6 Å². The van der Waals surface area contributed by atoms with Crippen molar-refractivity contribution in [2.45, 2.75) is 136 Å². The van der Waals surface area contributed by atoms with Crippen LogP contribution in [0.1, 0.15) is 112 Å². The zero-order valence-electron chi connectivity index (χ0n) is 23.9. The van der Waals surface area contributed by atoms with Crippen LogP contribution in [0.15, 0.2) is 11.6 Å². The number of carbonyl (C=O) groups is 2. The Hall–Kier alpha value is -1.58. The van der Waals surface area contributed by atoms with E-state index in [0.29, 0.717) is 13.0 Å². The van der Waals surface area contributed by atoms with Crippen molar-refractivity contribution >= 4 is 20.3 Å². The first-order valence-corrected chi connectivity index (χ1v) is 16.5. The predicted molar refractivity (Wildman–Crippen MR) is 148 cm³/mol. The maximum atomic E-state index is 12.3. The van der Waals surface area contributed by atoms with Gasteiger partial charge in [0.05, 0.1) is 19.8 Å². The van der Waals surface area contributed by atoms with E-state index in [0.717, 1.165) is 76.2 Å². The number of methoxy groups -OCH3 is 1. The fraction of sp³-hybridized carbons (Fsp3) is 0.793. The first-order chi connectivity index (χ1) is 16.5. The summed E-state index contributed by atoms with van der Waals surface area (Å²) in [5.74, 6) is 6.13. The summed E-state index contributed by atoms with van der Waals surface area (Å²) in [6.45, 7) is 15.6. The maximum Gasteiger partial charge on any atom is 0.331 e. The summed E-state index contributed by atoms with van der Waals surface area (Å²) < 4.78 is 16.7. The van der Waals surface area contributed by atoms with Gasteiger partial charge in [0.2, 0.25) is 0 Å².